The Balaban J connectivity index is 1.85. The molecule has 4 rings (SSSR count). The smallest absolute Gasteiger partial charge is 0.268 e. The normalized spacial score (nSPS) is 13.1. The number of hydrogen-bond donors (Lipinski definition) is 1. The molecule has 7 heteroatoms. The van der Waals surface area contributed by atoms with Gasteiger partial charge in [0.15, 0.2) is 5.78 Å². The van der Waals surface area contributed by atoms with Crippen LogP contribution in [0.5, 0.6) is 0 Å². The number of halogens is 1. The average Bonchev–Trinajstić information content (AvgIpc) is 2.70. The lowest BCUT2D eigenvalue weighted by Crippen LogP contribution is -2.33. The van der Waals surface area contributed by atoms with Crippen LogP contribution in [0.15, 0.2) is 57.9 Å². The maximum absolute atomic E-state index is 13.3. The van der Waals surface area contributed by atoms with Crippen LogP contribution in [0.25, 0.3) is 5.69 Å². The predicted molar refractivity (Wildman–Crippen MR) is 114 cm³/mol. The minimum Gasteiger partial charge on any atom is -0.306 e. The summed E-state index contributed by atoms with van der Waals surface area (Å²) in [5, 5.41) is 2.64. The molecule has 0 radical (unpaired) electrons. The van der Waals surface area contributed by atoms with Crippen molar-refractivity contribution in [2.24, 2.45) is 0 Å². The Morgan fingerprint density at radius 1 is 1.10 bits per heavy atom. The molecule has 0 spiro atoms. The molecule has 6 nitrogen and oxygen atoms in total. The molecule has 146 valence electrons. The number of ketones is 1. The summed E-state index contributed by atoms with van der Waals surface area (Å²) in [6.45, 7) is 1.96. The third kappa shape index (κ3) is 3.78. The lowest BCUT2D eigenvalue weighted by Gasteiger charge is -2.21. The molecule has 2 heterocycles. The number of rotatable bonds is 3. The van der Waals surface area contributed by atoms with Crippen molar-refractivity contribution in [3.05, 3.63) is 85.9 Å². The van der Waals surface area contributed by atoms with Gasteiger partial charge in [-0.2, -0.15) is 0 Å². The van der Waals surface area contributed by atoms with Crippen LogP contribution in [-0.2, 0) is 6.42 Å². The van der Waals surface area contributed by atoms with Gasteiger partial charge in [-0.1, -0.05) is 17.7 Å². The van der Waals surface area contributed by atoms with Crippen LogP contribution >= 0.6 is 15.9 Å². The van der Waals surface area contributed by atoms with Crippen molar-refractivity contribution in [2.45, 2.75) is 26.2 Å². The van der Waals surface area contributed by atoms with E-state index >= 15 is 0 Å². The summed E-state index contributed by atoms with van der Waals surface area (Å²) in [6.07, 6.45) is 3.26. The fourth-order valence-corrected chi connectivity index (χ4v) is 3.69. The van der Waals surface area contributed by atoms with E-state index in [1.807, 2.05) is 31.2 Å². The largest absolute Gasteiger partial charge is 0.306 e. The van der Waals surface area contributed by atoms with Gasteiger partial charge in [-0.3, -0.25) is 19.0 Å². The SMILES string of the molecule is Cc1ccc(-n2c3c(cc(C(=O)Nc4ccc(Br)cn4)c2=O)C(=O)CCC3)cc1. The standard InChI is InChI=1S/C22H18BrN3O3/c1-13-5-8-15(9-6-13)26-18-3-2-4-19(27)16(18)11-17(22(26)29)21(28)25-20-10-7-14(23)12-24-20/h5-12H,2-4H2,1H3,(H,24,25,28). The number of benzene rings is 1. The van der Waals surface area contributed by atoms with Gasteiger partial charge in [0.1, 0.15) is 11.4 Å². The Labute approximate surface area is 175 Å². The number of carbonyl (C=O) groups excluding carboxylic acids is 2. The number of anilines is 1. The first-order valence-electron chi connectivity index (χ1n) is 9.26. The van der Waals surface area contributed by atoms with Gasteiger partial charge in [-0.25, -0.2) is 4.98 Å². The number of amides is 1. The molecule has 0 aliphatic heterocycles. The van der Waals surface area contributed by atoms with Crippen LogP contribution in [0.4, 0.5) is 5.82 Å². The van der Waals surface area contributed by atoms with E-state index in [-0.39, 0.29) is 11.3 Å². The molecule has 1 aliphatic carbocycles. The Bertz CT molecular complexity index is 1170. The minimum absolute atomic E-state index is 0.0528. The average molecular weight is 452 g/mol. The van der Waals surface area contributed by atoms with E-state index in [1.165, 1.54) is 10.6 Å². The zero-order valence-electron chi connectivity index (χ0n) is 15.7. The quantitative estimate of drug-likeness (QED) is 0.650. The van der Waals surface area contributed by atoms with E-state index in [2.05, 4.69) is 26.2 Å². The minimum atomic E-state index is -0.591. The van der Waals surface area contributed by atoms with Crippen LogP contribution in [0.3, 0.4) is 0 Å². The molecule has 0 saturated carbocycles. The highest BCUT2D eigenvalue weighted by Crippen LogP contribution is 2.24. The van der Waals surface area contributed by atoms with Crippen molar-refractivity contribution in [1.29, 1.82) is 0 Å². The van der Waals surface area contributed by atoms with Crippen molar-refractivity contribution in [3.8, 4) is 5.69 Å². The first-order chi connectivity index (χ1) is 13.9. The summed E-state index contributed by atoms with van der Waals surface area (Å²) >= 11 is 3.29. The Kier molecular flexibility index (Phi) is 5.15. The van der Waals surface area contributed by atoms with E-state index in [9.17, 15) is 14.4 Å². The first-order valence-corrected chi connectivity index (χ1v) is 10.1. The van der Waals surface area contributed by atoms with Crippen LogP contribution in [0.2, 0.25) is 0 Å². The number of aromatic nitrogens is 2. The Hall–Kier alpha value is -3.06. The number of nitrogens with one attached hydrogen (secondary N) is 1. The molecule has 2 aromatic heterocycles. The molecule has 0 unspecified atom stereocenters. The molecule has 1 N–H and O–H groups in total. The van der Waals surface area contributed by atoms with Gasteiger partial charge in [-0.15, -0.1) is 0 Å². The second-order valence-corrected chi connectivity index (χ2v) is 7.90. The molecule has 0 bridgehead atoms. The molecular formula is C22H18BrN3O3. The number of Topliss-reactive ketones (excluding diaryl/α,β-unsaturated/α-hetero) is 1. The molecule has 0 saturated heterocycles. The summed E-state index contributed by atoms with van der Waals surface area (Å²) in [6, 6.07) is 12.3. The molecule has 0 fully saturated rings. The molecule has 1 amide bonds. The number of aryl methyl sites for hydroxylation is 1. The number of nitrogens with zero attached hydrogens (tertiary/aromatic N) is 2. The molecule has 1 aromatic carbocycles. The van der Waals surface area contributed by atoms with Gasteiger partial charge in [-0.05, 0) is 66.0 Å². The maximum atomic E-state index is 13.3. The summed E-state index contributed by atoms with van der Waals surface area (Å²) in [5.41, 5.74) is 2.27. The van der Waals surface area contributed by atoms with Crippen molar-refractivity contribution in [1.82, 2.24) is 9.55 Å². The topological polar surface area (TPSA) is 81.1 Å². The second-order valence-electron chi connectivity index (χ2n) is 6.99. The van der Waals surface area contributed by atoms with E-state index in [4.69, 9.17) is 0 Å². The van der Waals surface area contributed by atoms with Gasteiger partial charge >= 0.3 is 0 Å². The number of pyridine rings is 2. The van der Waals surface area contributed by atoms with Gasteiger partial charge in [0.2, 0.25) is 0 Å². The summed E-state index contributed by atoms with van der Waals surface area (Å²) in [7, 11) is 0. The van der Waals surface area contributed by atoms with E-state index < -0.39 is 11.5 Å². The first kappa shape index (κ1) is 19.3. The van der Waals surface area contributed by atoms with Crippen molar-refractivity contribution in [3.63, 3.8) is 0 Å². The summed E-state index contributed by atoms with van der Waals surface area (Å²) < 4.78 is 2.27. The lowest BCUT2D eigenvalue weighted by molar-refractivity contribution is 0.0971. The van der Waals surface area contributed by atoms with Crippen LogP contribution < -0.4 is 10.9 Å². The van der Waals surface area contributed by atoms with Gasteiger partial charge in [0.25, 0.3) is 11.5 Å². The molecule has 29 heavy (non-hydrogen) atoms. The van der Waals surface area contributed by atoms with Crippen LogP contribution in [0, 0.1) is 6.92 Å². The monoisotopic (exact) mass is 451 g/mol. The number of fused-ring (bicyclic) bond motifs is 1. The molecule has 0 atom stereocenters. The van der Waals surface area contributed by atoms with E-state index in [0.29, 0.717) is 42.0 Å². The third-order valence-corrected chi connectivity index (χ3v) is 5.40. The highest BCUT2D eigenvalue weighted by Gasteiger charge is 2.26. The van der Waals surface area contributed by atoms with Gasteiger partial charge < -0.3 is 5.32 Å². The highest BCUT2D eigenvalue weighted by atomic mass is 79.9. The van der Waals surface area contributed by atoms with Gasteiger partial charge in [0, 0.05) is 34.0 Å². The van der Waals surface area contributed by atoms with Crippen molar-refractivity contribution in [2.75, 3.05) is 5.32 Å². The highest BCUT2D eigenvalue weighted by molar-refractivity contribution is 9.10. The van der Waals surface area contributed by atoms with Crippen LogP contribution in [-0.4, -0.2) is 21.2 Å². The third-order valence-electron chi connectivity index (χ3n) is 4.93. The predicted octanol–water partition coefficient (Wildman–Crippen LogP) is 4.07. The van der Waals surface area contributed by atoms with Crippen molar-refractivity contribution < 1.29 is 9.59 Å². The van der Waals surface area contributed by atoms with Gasteiger partial charge in [0.05, 0.1) is 0 Å². The van der Waals surface area contributed by atoms with Crippen LogP contribution in [0.1, 0.15) is 44.8 Å². The lowest BCUT2D eigenvalue weighted by atomic mass is 9.92. The Morgan fingerprint density at radius 3 is 2.55 bits per heavy atom. The fourth-order valence-electron chi connectivity index (χ4n) is 3.45. The maximum Gasteiger partial charge on any atom is 0.268 e. The zero-order valence-corrected chi connectivity index (χ0v) is 17.3. The molecular weight excluding hydrogens is 434 g/mol. The zero-order chi connectivity index (χ0) is 20.5. The number of hydrogen-bond acceptors (Lipinski definition) is 4. The Morgan fingerprint density at radius 2 is 1.86 bits per heavy atom. The summed E-state index contributed by atoms with van der Waals surface area (Å²) in [5.74, 6) is -0.321. The molecule has 3 aromatic rings. The molecule has 1 aliphatic rings. The van der Waals surface area contributed by atoms with Crippen molar-refractivity contribution >= 4 is 33.4 Å². The fraction of sp³-hybridized carbons (Fsp3) is 0.182. The second kappa shape index (κ2) is 7.75. The number of carbonyl (C=O) groups is 2. The van der Waals surface area contributed by atoms with E-state index in [1.54, 1.807) is 18.3 Å². The summed E-state index contributed by atoms with van der Waals surface area (Å²) in [4.78, 5) is 42.8. The van der Waals surface area contributed by atoms with E-state index in [0.717, 1.165) is 10.0 Å².